The molecule has 0 saturated heterocycles. The second kappa shape index (κ2) is 8.52. The molecule has 114 valence electrons. The summed E-state index contributed by atoms with van der Waals surface area (Å²) in [7, 11) is 1.65. The third-order valence-corrected chi connectivity index (χ3v) is 2.97. The Labute approximate surface area is 131 Å². The number of allylic oxidation sites excluding steroid dienone is 1. The van der Waals surface area contributed by atoms with Crippen LogP contribution in [0.1, 0.15) is 12.5 Å². The quantitative estimate of drug-likeness (QED) is 0.475. The van der Waals surface area contributed by atoms with Gasteiger partial charge in [0.05, 0.1) is 19.0 Å². The maximum absolute atomic E-state index is 5.67. The zero-order chi connectivity index (χ0) is 15.6. The van der Waals surface area contributed by atoms with Gasteiger partial charge in [-0.15, -0.1) is 0 Å². The van der Waals surface area contributed by atoms with Gasteiger partial charge in [0.1, 0.15) is 18.1 Å². The summed E-state index contributed by atoms with van der Waals surface area (Å²) in [5.41, 5.74) is 4.82. The highest BCUT2D eigenvalue weighted by molar-refractivity contribution is 5.80. The van der Waals surface area contributed by atoms with Gasteiger partial charge in [-0.1, -0.05) is 24.3 Å². The Morgan fingerprint density at radius 3 is 2.59 bits per heavy atom. The molecular weight excluding hydrogens is 276 g/mol. The van der Waals surface area contributed by atoms with Crippen LogP contribution in [0.5, 0.6) is 11.5 Å². The normalized spacial score (nSPS) is 11.0. The van der Waals surface area contributed by atoms with Gasteiger partial charge in [0.25, 0.3) is 0 Å². The molecule has 0 heterocycles. The maximum atomic E-state index is 5.67. The Morgan fingerprint density at radius 1 is 1.09 bits per heavy atom. The van der Waals surface area contributed by atoms with Crippen molar-refractivity contribution in [2.75, 3.05) is 19.1 Å². The van der Waals surface area contributed by atoms with Crippen LogP contribution in [0, 0.1) is 0 Å². The number of rotatable bonds is 7. The summed E-state index contributed by atoms with van der Waals surface area (Å²) in [6.07, 6.45) is 5.66. The number of benzene rings is 2. The first kappa shape index (κ1) is 15.6. The van der Waals surface area contributed by atoms with Gasteiger partial charge in [-0.3, -0.25) is 5.43 Å². The molecule has 0 bridgehead atoms. The summed E-state index contributed by atoms with van der Waals surface area (Å²) in [6.45, 7) is 2.50. The smallest absolute Gasteiger partial charge is 0.144 e. The Bertz CT molecular complexity index is 634. The van der Waals surface area contributed by atoms with E-state index in [1.807, 2.05) is 67.6 Å². The van der Waals surface area contributed by atoms with Crippen LogP contribution in [0.25, 0.3) is 0 Å². The fourth-order valence-electron chi connectivity index (χ4n) is 1.79. The summed E-state index contributed by atoms with van der Waals surface area (Å²) in [6, 6.07) is 15.4. The first-order valence-electron chi connectivity index (χ1n) is 7.09. The molecular formula is C18H20N2O2. The van der Waals surface area contributed by atoms with Crippen molar-refractivity contribution in [3.8, 4) is 11.5 Å². The number of nitrogens with zero attached hydrogens (tertiary/aromatic N) is 1. The van der Waals surface area contributed by atoms with E-state index in [-0.39, 0.29) is 0 Å². The van der Waals surface area contributed by atoms with Crippen molar-refractivity contribution < 1.29 is 9.47 Å². The van der Waals surface area contributed by atoms with Crippen LogP contribution in [-0.2, 0) is 0 Å². The number of hydrogen-bond acceptors (Lipinski definition) is 4. The van der Waals surface area contributed by atoms with Gasteiger partial charge in [-0.05, 0) is 48.9 Å². The maximum Gasteiger partial charge on any atom is 0.144 e. The van der Waals surface area contributed by atoms with Gasteiger partial charge in [-0.2, -0.15) is 5.10 Å². The molecule has 0 aliphatic carbocycles. The highest BCUT2D eigenvalue weighted by atomic mass is 16.5. The van der Waals surface area contributed by atoms with Gasteiger partial charge in [0.2, 0.25) is 0 Å². The van der Waals surface area contributed by atoms with Crippen molar-refractivity contribution >= 4 is 11.9 Å². The average molecular weight is 296 g/mol. The monoisotopic (exact) mass is 296 g/mol. The van der Waals surface area contributed by atoms with Crippen molar-refractivity contribution in [2.45, 2.75) is 6.92 Å². The van der Waals surface area contributed by atoms with Crippen LogP contribution in [0.15, 0.2) is 65.8 Å². The first-order chi connectivity index (χ1) is 10.8. The minimum absolute atomic E-state index is 0.539. The summed E-state index contributed by atoms with van der Waals surface area (Å²) in [4.78, 5) is 0. The molecule has 2 aromatic carbocycles. The van der Waals surface area contributed by atoms with Crippen LogP contribution in [0.3, 0.4) is 0 Å². The van der Waals surface area contributed by atoms with Crippen LogP contribution >= 0.6 is 0 Å². The third kappa shape index (κ3) is 4.66. The van der Waals surface area contributed by atoms with Crippen LogP contribution in [-0.4, -0.2) is 19.9 Å². The third-order valence-electron chi connectivity index (χ3n) is 2.97. The standard InChI is InChI=1S/C18H20N2O2/c1-3-4-13-22-18-8-6-5-7-17(18)20-19-14-15-9-11-16(21-2)12-10-15/h3-12,14,20H,13H2,1-2H3/b4-3+,19-14-. The fraction of sp³-hybridized carbons (Fsp3) is 0.167. The van der Waals surface area contributed by atoms with Gasteiger partial charge < -0.3 is 9.47 Å². The lowest BCUT2D eigenvalue weighted by Crippen LogP contribution is -1.98. The van der Waals surface area contributed by atoms with E-state index >= 15 is 0 Å². The molecule has 0 aliphatic heterocycles. The summed E-state index contributed by atoms with van der Waals surface area (Å²) >= 11 is 0. The van der Waals surface area contributed by atoms with E-state index in [0.717, 1.165) is 22.7 Å². The van der Waals surface area contributed by atoms with Gasteiger partial charge in [-0.25, -0.2) is 0 Å². The first-order valence-corrected chi connectivity index (χ1v) is 7.09. The molecule has 2 aromatic rings. The molecule has 4 nitrogen and oxygen atoms in total. The minimum Gasteiger partial charge on any atom is -0.497 e. The number of methoxy groups -OCH3 is 1. The van der Waals surface area contributed by atoms with Crippen molar-refractivity contribution in [1.29, 1.82) is 0 Å². The van der Waals surface area contributed by atoms with Crippen LogP contribution in [0.2, 0.25) is 0 Å². The summed E-state index contributed by atoms with van der Waals surface area (Å²) in [5, 5.41) is 4.24. The molecule has 0 spiro atoms. The molecule has 0 fully saturated rings. The molecule has 22 heavy (non-hydrogen) atoms. The zero-order valence-corrected chi connectivity index (χ0v) is 12.8. The molecule has 0 amide bonds. The lowest BCUT2D eigenvalue weighted by molar-refractivity contribution is 0.364. The number of hydrazone groups is 1. The number of ether oxygens (including phenoxy) is 2. The van der Waals surface area contributed by atoms with E-state index in [4.69, 9.17) is 9.47 Å². The van der Waals surface area contributed by atoms with Gasteiger partial charge in [0, 0.05) is 0 Å². The summed E-state index contributed by atoms with van der Waals surface area (Å²) in [5.74, 6) is 1.60. The fourth-order valence-corrected chi connectivity index (χ4v) is 1.79. The number of hydrogen-bond donors (Lipinski definition) is 1. The molecule has 0 aliphatic rings. The lowest BCUT2D eigenvalue weighted by Gasteiger charge is -2.09. The van der Waals surface area contributed by atoms with Crippen molar-refractivity contribution in [3.05, 3.63) is 66.2 Å². The SMILES string of the molecule is C/C=C/COc1ccccc1N/N=C\c1ccc(OC)cc1. The van der Waals surface area contributed by atoms with Crippen LogP contribution < -0.4 is 14.9 Å². The van der Waals surface area contributed by atoms with E-state index in [1.54, 1.807) is 13.3 Å². The highest BCUT2D eigenvalue weighted by Gasteiger charge is 2.00. The molecule has 0 radical (unpaired) electrons. The van der Waals surface area contributed by atoms with Crippen molar-refractivity contribution in [2.24, 2.45) is 5.10 Å². The van der Waals surface area contributed by atoms with E-state index in [0.29, 0.717) is 6.61 Å². The Kier molecular flexibility index (Phi) is 6.05. The van der Waals surface area contributed by atoms with E-state index in [1.165, 1.54) is 0 Å². The molecule has 0 unspecified atom stereocenters. The molecule has 0 atom stereocenters. The largest absolute Gasteiger partial charge is 0.497 e. The molecule has 1 N–H and O–H groups in total. The second-order valence-electron chi connectivity index (χ2n) is 4.52. The predicted molar refractivity (Wildman–Crippen MR) is 91.0 cm³/mol. The molecule has 4 heteroatoms. The van der Waals surface area contributed by atoms with Gasteiger partial charge >= 0.3 is 0 Å². The lowest BCUT2D eigenvalue weighted by atomic mass is 10.2. The Morgan fingerprint density at radius 2 is 1.86 bits per heavy atom. The van der Waals surface area contributed by atoms with E-state index in [9.17, 15) is 0 Å². The predicted octanol–water partition coefficient (Wildman–Crippen LogP) is 4.10. The Hall–Kier alpha value is -2.75. The average Bonchev–Trinajstić information content (AvgIpc) is 2.57. The Balaban J connectivity index is 1.99. The topological polar surface area (TPSA) is 42.8 Å². The van der Waals surface area contributed by atoms with Crippen molar-refractivity contribution in [1.82, 2.24) is 0 Å². The number of nitrogens with one attached hydrogen (secondary N) is 1. The van der Waals surface area contributed by atoms with Crippen LogP contribution in [0.4, 0.5) is 5.69 Å². The molecule has 0 saturated carbocycles. The molecule has 0 aromatic heterocycles. The zero-order valence-electron chi connectivity index (χ0n) is 12.8. The number of anilines is 1. The molecule has 2 rings (SSSR count). The second-order valence-corrected chi connectivity index (χ2v) is 4.52. The minimum atomic E-state index is 0.539. The van der Waals surface area contributed by atoms with Crippen molar-refractivity contribution in [3.63, 3.8) is 0 Å². The van der Waals surface area contributed by atoms with E-state index in [2.05, 4.69) is 10.5 Å². The highest BCUT2D eigenvalue weighted by Crippen LogP contribution is 2.23. The number of para-hydroxylation sites is 2. The summed E-state index contributed by atoms with van der Waals surface area (Å²) < 4.78 is 10.8. The van der Waals surface area contributed by atoms with Gasteiger partial charge in [0.15, 0.2) is 0 Å². The van der Waals surface area contributed by atoms with E-state index < -0.39 is 0 Å².